The molecule has 0 unspecified atom stereocenters. The minimum absolute atomic E-state index is 0.0597. The number of halogens is 1. The molecule has 1 spiro atoms. The van der Waals surface area contributed by atoms with E-state index in [1.54, 1.807) is 24.3 Å². The number of nitrogens with one attached hydrogen (secondary N) is 1. The Kier molecular flexibility index (Phi) is 3.89. The molecular formula is C16H19ClN2O2. The highest BCUT2D eigenvalue weighted by atomic mass is 35.5. The van der Waals surface area contributed by atoms with Crippen LogP contribution >= 0.6 is 11.6 Å². The second-order valence-corrected chi connectivity index (χ2v) is 6.41. The summed E-state index contributed by atoms with van der Waals surface area (Å²) in [4.78, 5) is 26.4. The predicted octanol–water partition coefficient (Wildman–Crippen LogP) is 3.74. The number of nitrogens with zero attached hydrogens (tertiary/aromatic N) is 1. The van der Waals surface area contributed by atoms with Crippen LogP contribution in [0.25, 0.3) is 0 Å². The highest BCUT2D eigenvalue weighted by molar-refractivity contribution is 6.30. The van der Waals surface area contributed by atoms with Gasteiger partial charge in [-0.2, -0.15) is 0 Å². The van der Waals surface area contributed by atoms with Crippen LogP contribution in [-0.4, -0.2) is 18.5 Å². The number of benzene rings is 1. The van der Waals surface area contributed by atoms with E-state index in [-0.39, 0.29) is 11.9 Å². The van der Waals surface area contributed by atoms with Crippen molar-refractivity contribution in [2.75, 3.05) is 11.4 Å². The molecule has 4 nitrogen and oxygen atoms in total. The Morgan fingerprint density at radius 3 is 2.24 bits per heavy atom. The topological polar surface area (TPSA) is 49.4 Å². The number of anilines is 1. The molecule has 0 aromatic heterocycles. The van der Waals surface area contributed by atoms with E-state index in [2.05, 4.69) is 5.32 Å². The van der Waals surface area contributed by atoms with Gasteiger partial charge in [0.15, 0.2) is 0 Å². The number of rotatable bonds is 1. The highest BCUT2D eigenvalue weighted by Crippen LogP contribution is 2.39. The first kappa shape index (κ1) is 14.4. The summed E-state index contributed by atoms with van der Waals surface area (Å²) in [7, 11) is 0. The third-order valence-electron chi connectivity index (χ3n) is 4.58. The van der Waals surface area contributed by atoms with Crippen LogP contribution < -0.4 is 10.2 Å². The van der Waals surface area contributed by atoms with E-state index >= 15 is 0 Å². The lowest BCUT2D eigenvalue weighted by atomic mass is 9.77. The van der Waals surface area contributed by atoms with Crippen molar-refractivity contribution in [1.82, 2.24) is 5.32 Å². The van der Waals surface area contributed by atoms with Crippen LogP contribution in [0.15, 0.2) is 24.3 Å². The molecule has 1 N–H and O–H groups in total. The molecule has 5 heteroatoms. The van der Waals surface area contributed by atoms with Crippen LogP contribution in [0.2, 0.25) is 5.02 Å². The molecule has 112 valence electrons. The van der Waals surface area contributed by atoms with Gasteiger partial charge >= 0.3 is 6.03 Å². The van der Waals surface area contributed by atoms with Gasteiger partial charge in [-0.15, -0.1) is 0 Å². The molecule has 0 atom stereocenters. The van der Waals surface area contributed by atoms with Crippen molar-refractivity contribution in [1.29, 1.82) is 0 Å². The molecule has 1 heterocycles. The van der Waals surface area contributed by atoms with Crippen molar-refractivity contribution in [2.45, 2.75) is 38.5 Å². The smallest absolute Gasteiger partial charge is 0.328 e. The van der Waals surface area contributed by atoms with Gasteiger partial charge in [-0.05, 0) is 37.1 Å². The average molecular weight is 307 g/mol. The second kappa shape index (κ2) is 5.68. The van der Waals surface area contributed by atoms with Gasteiger partial charge in [0.1, 0.15) is 0 Å². The lowest BCUT2D eigenvalue weighted by molar-refractivity contribution is -0.129. The molecule has 3 amide bonds. The molecule has 0 radical (unpaired) electrons. The van der Waals surface area contributed by atoms with Gasteiger partial charge in [-0.3, -0.25) is 4.79 Å². The standard InChI is InChI=1S/C16H19ClN2O2/c17-12-5-7-13(8-6-12)19-14(20)16(11-18-15(19)21)9-3-1-2-4-10-16/h5-8H,1-4,9-11H2,(H,18,21). The van der Waals surface area contributed by atoms with Crippen LogP contribution in [0.3, 0.4) is 0 Å². The molecule has 1 saturated heterocycles. The van der Waals surface area contributed by atoms with E-state index in [1.165, 1.54) is 17.7 Å². The Bertz CT molecular complexity index is 548. The van der Waals surface area contributed by atoms with E-state index < -0.39 is 5.41 Å². The van der Waals surface area contributed by atoms with Crippen molar-refractivity contribution in [3.8, 4) is 0 Å². The molecule has 1 aliphatic heterocycles. The van der Waals surface area contributed by atoms with Gasteiger partial charge in [0.2, 0.25) is 5.91 Å². The van der Waals surface area contributed by atoms with Gasteiger partial charge in [0, 0.05) is 11.6 Å². The van der Waals surface area contributed by atoms with E-state index in [1.807, 2.05) is 0 Å². The first-order valence-electron chi connectivity index (χ1n) is 7.50. The molecule has 1 aromatic rings. The number of carbonyl (C=O) groups is 2. The monoisotopic (exact) mass is 306 g/mol. The zero-order valence-electron chi connectivity index (χ0n) is 11.9. The normalized spacial score (nSPS) is 22.0. The van der Waals surface area contributed by atoms with E-state index in [0.29, 0.717) is 17.3 Å². The molecule has 21 heavy (non-hydrogen) atoms. The summed E-state index contributed by atoms with van der Waals surface area (Å²) in [6, 6.07) is 6.50. The first-order valence-corrected chi connectivity index (χ1v) is 7.88. The second-order valence-electron chi connectivity index (χ2n) is 5.97. The lowest BCUT2D eigenvalue weighted by Crippen LogP contribution is -2.60. The Morgan fingerprint density at radius 1 is 1.00 bits per heavy atom. The van der Waals surface area contributed by atoms with Crippen LogP contribution in [0, 0.1) is 5.41 Å². The zero-order valence-corrected chi connectivity index (χ0v) is 12.7. The van der Waals surface area contributed by atoms with Crippen molar-refractivity contribution in [3.05, 3.63) is 29.3 Å². The third kappa shape index (κ3) is 2.64. The number of hydrogen-bond acceptors (Lipinski definition) is 2. The summed E-state index contributed by atoms with van der Waals surface area (Å²) in [6.07, 6.45) is 6.16. The fourth-order valence-corrected chi connectivity index (χ4v) is 3.48. The Balaban J connectivity index is 1.93. The minimum Gasteiger partial charge on any atom is -0.336 e. The fourth-order valence-electron chi connectivity index (χ4n) is 3.35. The SMILES string of the molecule is O=C1NCC2(CCCCCC2)C(=O)N1c1ccc(Cl)cc1. The van der Waals surface area contributed by atoms with E-state index in [9.17, 15) is 9.59 Å². The summed E-state index contributed by atoms with van der Waals surface area (Å²) < 4.78 is 0. The third-order valence-corrected chi connectivity index (χ3v) is 4.84. The largest absolute Gasteiger partial charge is 0.336 e. The fraction of sp³-hybridized carbons (Fsp3) is 0.500. The predicted molar refractivity (Wildman–Crippen MR) is 82.5 cm³/mol. The van der Waals surface area contributed by atoms with Gasteiger partial charge in [-0.25, -0.2) is 9.69 Å². The first-order chi connectivity index (χ1) is 10.1. The maximum Gasteiger partial charge on any atom is 0.328 e. The van der Waals surface area contributed by atoms with Gasteiger partial charge in [-0.1, -0.05) is 37.3 Å². The van der Waals surface area contributed by atoms with Crippen LogP contribution in [0.4, 0.5) is 10.5 Å². The quantitative estimate of drug-likeness (QED) is 0.859. The minimum atomic E-state index is -0.427. The summed E-state index contributed by atoms with van der Waals surface area (Å²) in [5, 5.41) is 3.49. The van der Waals surface area contributed by atoms with Gasteiger partial charge in [0.05, 0.1) is 11.1 Å². The number of imide groups is 1. The summed E-state index contributed by atoms with van der Waals surface area (Å²) >= 11 is 5.88. The number of urea groups is 1. The van der Waals surface area contributed by atoms with Gasteiger partial charge in [0.25, 0.3) is 0 Å². The summed E-state index contributed by atoms with van der Waals surface area (Å²) in [6.45, 7) is 0.467. The van der Waals surface area contributed by atoms with Gasteiger partial charge < -0.3 is 5.32 Å². The number of carbonyl (C=O) groups excluding carboxylic acids is 2. The van der Waals surface area contributed by atoms with Crippen molar-refractivity contribution in [2.24, 2.45) is 5.41 Å². The number of amides is 3. The van der Waals surface area contributed by atoms with Crippen LogP contribution in [0.5, 0.6) is 0 Å². The molecule has 2 aliphatic rings. The molecule has 2 fully saturated rings. The Labute approximate surface area is 129 Å². The van der Waals surface area contributed by atoms with Crippen molar-refractivity contribution in [3.63, 3.8) is 0 Å². The lowest BCUT2D eigenvalue weighted by Gasteiger charge is -2.40. The molecule has 1 aromatic carbocycles. The zero-order chi connectivity index (χ0) is 14.9. The van der Waals surface area contributed by atoms with Crippen molar-refractivity contribution < 1.29 is 9.59 Å². The molecule has 0 bridgehead atoms. The summed E-state index contributed by atoms with van der Waals surface area (Å²) in [5.41, 5.74) is 0.162. The molecule has 3 rings (SSSR count). The van der Waals surface area contributed by atoms with Crippen LogP contribution in [-0.2, 0) is 4.79 Å². The van der Waals surface area contributed by atoms with Crippen LogP contribution in [0.1, 0.15) is 38.5 Å². The Hall–Kier alpha value is -1.55. The average Bonchev–Trinajstić information content (AvgIpc) is 2.72. The molecule has 1 saturated carbocycles. The molecular weight excluding hydrogens is 288 g/mol. The van der Waals surface area contributed by atoms with E-state index in [4.69, 9.17) is 11.6 Å². The maximum absolute atomic E-state index is 13.0. The highest BCUT2D eigenvalue weighted by Gasteiger charge is 2.47. The summed E-state index contributed by atoms with van der Waals surface area (Å²) in [5.74, 6) is -0.0597. The molecule has 1 aliphatic carbocycles. The Morgan fingerprint density at radius 2 is 1.62 bits per heavy atom. The number of hydrogen-bond donors (Lipinski definition) is 1. The maximum atomic E-state index is 13.0. The van der Waals surface area contributed by atoms with Crippen molar-refractivity contribution >= 4 is 29.2 Å². The van der Waals surface area contributed by atoms with E-state index in [0.717, 1.165) is 25.7 Å².